The Balaban J connectivity index is 2.52. The Morgan fingerprint density at radius 1 is 1.48 bits per heavy atom. The summed E-state index contributed by atoms with van der Waals surface area (Å²) in [5, 5.41) is 19.9. The van der Waals surface area contributed by atoms with Crippen LogP contribution in [0.3, 0.4) is 0 Å². The van der Waals surface area contributed by atoms with Crippen molar-refractivity contribution in [3.05, 3.63) is 33.3 Å². The molecule has 8 nitrogen and oxygen atoms in total. The summed E-state index contributed by atoms with van der Waals surface area (Å²) in [6.07, 6.45) is 1.07. The first-order valence-corrected chi connectivity index (χ1v) is 7.73. The van der Waals surface area contributed by atoms with Gasteiger partial charge in [0.15, 0.2) is 4.90 Å². The lowest BCUT2D eigenvalue weighted by molar-refractivity contribution is -0.387. The molecule has 0 radical (unpaired) electrons. The fraction of sp³-hybridized carbons (Fsp3) is 0.364. The van der Waals surface area contributed by atoms with E-state index in [9.17, 15) is 23.3 Å². The monoisotopic (exact) mass is 334 g/mol. The lowest BCUT2D eigenvalue weighted by atomic mass is 10.3. The molecule has 1 aromatic rings. The molecule has 10 heteroatoms. The number of sulfonamides is 1. The largest absolute Gasteiger partial charge is 0.480 e. The molecule has 1 fully saturated rings. The van der Waals surface area contributed by atoms with Crippen molar-refractivity contribution in [2.24, 2.45) is 0 Å². The lowest BCUT2D eigenvalue weighted by Gasteiger charge is -2.19. The van der Waals surface area contributed by atoms with Crippen molar-refractivity contribution < 1.29 is 23.2 Å². The molecule has 114 valence electrons. The molecule has 1 aliphatic rings. The van der Waals surface area contributed by atoms with Gasteiger partial charge in [0.1, 0.15) is 6.54 Å². The molecular formula is C11H11ClN2O6S. The molecule has 1 aliphatic carbocycles. The molecule has 2 rings (SSSR count). The predicted molar refractivity (Wildman–Crippen MR) is 72.7 cm³/mol. The minimum Gasteiger partial charge on any atom is -0.480 e. The SMILES string of the molecule is O=C(O)CN(C1CC1)S(=O)(=O)c1ccc(Cl)cc1[N+](=O)[O-]. The molecule has 0 spiro atoms. The van der Waals surface area contributed by atoms with Gasteiger partial charge in [-0.25, -0.2) is 8.42 Å². The first-order chi connectivity index (χ1) is 9.73. The van der Waals surface area contributed by atoms with Gasteiger partial charge in [-0.05, 0) is 25.0 Å². The highest BCUT2D eigenvalue weighted by molar-refractivity contribution is 7.89. The summed E-state index contributed by atoms with van der Waals surface area (Å²) >= 11 is 5.64. The van der Waals surface area contributed by atoms with E-state index < -0.39 is 44.1 Å². The zero-order valence-corrected chi connectivity index (χ0v) is 12.2. The number of nitrogens with zero attached hydrogens (tertiary/aromatic N) is 2. The molecule has 1 aromatic carbocycles. The van der Waals surface area contributed by atoms with Gasteiger partial charge < -0.3 is 5.11 Å². The van der Waals surface area contributed by atoms with Crippen molar-refractivity contribution in [2.45, 2.75) is 23.8 Å². The first kappa shape index (κ1) is 15.7. The van der Waals surface area contributed by atoms with Gasteiger partial charge in [-0.15, -0.1) is 0 Å². The van der Waals surface area contributed by atoms with Gasteiger partial charge in [-0.2, -0.15) is 4.31 Å². The normalized spacial score (nSPS) is 15.1. The lowest BCUT2D eigenvalue weighted by Crippen LogP contribution is -2.37. The van der Waals surface area contributed by atoms with Crippen molar-refractivity contribution in [1.29, 1.82) is 0 Å². The Bertz CT molecular complexity index is 701. The third-order valence-electron chi connectivity index (χ3n) is 2.95. The highest BCUT2D eigenvalue weighted by Gasteiger charge is 2.41. The quantitative estimate of drug-likeness (QED) is 0.622. The Hall–Kier alpha value is -1.71. The molecule has 0 unspecified atom stereocenters. The van der Waals surface area contributed by atoms with Crippen molar-refractivity contribution >= 4 is 33.3 Å². The molecule has 0 saturated heterocycles. The van der Waals surface area contributed by atoms with Crippen LogP contribution in [0.5, 0.6) is 0 Å². The Labute approximate surface area is 125 Å². The Morgan fingerprint density at radius 3 is 2.57 bits per heavy atom. The second kappa shape index (κ2) is 5.58. The van der Waals surface area contributed by atoms with E-state index in [-0.39, 0.29) is 5.02 Å². The van der Waals surface area contributed by atoms with Crippen molar-refractivity contribution in [1.82, 2.24) is 4.31 Å². The topological polar surface area (TPSA) is 118 Å². The van der Waals surface area contributed by atoms with Crippen LogP contribution in [-0.2, 0) is 14.8 Å². The maximum atomic E-state index is 12.5. The second-order valence-corrected chi connectivity index (χ2v) is 6.84. The van der Waals surface area contributed by atoms with Crippen LogP contribution in [0.1, 0.15) is 12.8 Å². The number of carbonyl (C=O) groups is 1. The highest BCUT2D eigenvalue weighted by Crippen LogP contribution is 2.35. The van der Waals surface area contributed by atoms with Gasteiger partial charge >= 0.3 is 5.97 Å². The number of hydrogen-bond donors (Lipinski definition) is 1. The van der Waals surface area contributed by atoms with Gasteiger partial charge in [0, 0.05) is 17.1 Å². The molecule has 0 amide bonds. The molecule has 21 heavy (non-hydrogen) atoms. The summed E-state index contributed by atoms with van der Waals surface area (Å²) in [6, 6.07) is 2.74. The van der Waals surface area contributed by atoms with Crippen LogP contribution in [0.15, 0.2) is 23.1 Å². The van der Waals surface area contributed by atoms with E-state index in [1.54, 1.807) is 0 Å². The van der Waals surface area contributed by atoms with Crippen molar-refractivity contribution in [3.63, 3.8) is 0 Å². The number of nitro benzene ring substituents is 1. The summed E-state index contributed by atoms with van der Waals surface area (Å²) < 4.78 is 25.8. The number of carboxylic acid groups (broad SMARTS) is 1. The Kier molecular flexibility index (Phi) is 4.17. The fourth-order valence-electron chi connectivity index (χ4n) is 1.88. The van der Waals surface area contributed by atoms with Gasteiger partial charge in [-0.3, -0.25) is 14.9 Å². The van der Waals surface area contributed by atoms with Crippen molar-refractivity contribution in [3.8, 4) is 0 Å². The number of aliphatic carboxylic acids is 1. The Morgan fingerprint density at radius 2 is 2.10 bits per heavy atom. The van der Waals surface area contributed by atoms with E-state index >= 15 is 0 Å². The average molecular weight is 335 g/mol. The predicted octanol–water partition coefficient (Wildman–Crippen LogP) is 1.49. The molecule has 1 saturated carbocycles. The van der Waals surface area contributed by atoms with E-state index in [1.807, 2.05) is 0 Å². The molecule has 0 aliphatic heterocycles. The van der Waals surface area contributed by atoms with Crippen LogP contribution in [0.25, 0.3) is 0 Å². The fourth-order valence-corrected chi connectivity index (χ4v) is 3.82. The number of nitro groups is 1. The van der Waals surface area contributed by atoms with Crippen molar-refractivity contribution in [2.75, 3.05) is 6.54 Å². The van der Waals surface area contributed by atoms with Crippen LogP contribution in [0.2, 0.25) is 5.02 Å². The van der Waals surface area contributed by atoms with Gasteiger partial charge in [0.05, 0.1) is 4.92 Å². The summed E-state index contributed by atoms with van der Waals surface area (Å²) in [7, 11) is -4.27. The summed E-state index contributed by atoms with van der Waals surface area (Å²) in [4.78, 5) is 20.4. The van der Waals surface area contributed by atoms with Crippen LogP contribution < -0.4 is 0 Å². The minimum atomic E-state index is -4.27. The van der Waals surface area contributed by atoms with Gasteiger partial charge in [0.2, 0.25) is 0 Å². The van der Waals surface area contributed by atoms with Crippen LogP contribution in [0.4, 0.5) is 5.69 Å². The third-order valence-corrected chi connectivity index (χ3v) is 5.13. The molecule has 1 N–H and O–H groups in total. The third kappa shape index (κ3) is 3.31. The second-order valence-electron chi connectivity index (χ2n) is 4.54. The zero-order chi connectivity index (χ0) is 15.8. The number of hydrogen-bond acceptors (Lipinski definition) is 5. The number of halogens is 1. The molecule has 0 atom stereocenters. The molecular weight excluding hydrogens is 324 g/mol. The molecule has 0 aromatic heterocycles. The molecule has 0 heterocycles. The maximum Gasteiger partial charge on any atom is 0.318 e. The standard InChI is InChI=1S/C11H11ClN2O6S/c12-7-1-4-10(9(5-7)14(17)18)21(19,20)13(6-11(15)16)8-2-3-8/h1,4-5,8H,2-3,6H2,(H,15,16). The zero-order valence-electron chi connectivity index (χ0n) is 10.6. The van der Waals surface area contributed by atoms with Crippen LogP contribution in [0, 0.1) is 10.1 Å². The summed E-state index contributed by atoms with van der Waals surface area (Å²) in [6.45, 7) is -0.729. The van der Waals surface area contributed by atoms with Gasteiger partial charge in [-0.1, -0.05) is 11.6 Å². The number of carboxylic acids is 1. The van der Waals surface area contributed by atoms with Crippen LogP contribution >= 0.6 is 11.6 Å². The maximum absolute atomic E-state index is 12.5. The molecule has 0 bridgehead atoms. The summed E-state index contributed by atoms with van der Waals surface area (Å²) in [5.74, 6) is -1.32. The number of benzene rings is 1. The minimum absolute atomic E-state index is 0.0249. The van der Waals surface area contributed by atoms with E-state index in [4.69, 9.17) is 16.7 Å². The smallest absolute Gasteiger partial charge is 0.318 e. The average Bonchev–Trinajstić information content (AvgIpc) is 3.19. The van der Waals surface area contributed by atoms with Crippen LogP contribution in [-0.4, -0.2) is 41.3 Å². The van der Waals surface area contributed by atoms with Gasteiger partial charge in [0.25, 0.3) is 15.7 Å². The summed E-state index contributed by atoms with van der Waals surface area (Å²) in [5.41, 5.74) is -0.668. The van der Waals surface area contributed by atoms with E-state index in [2.05, 4.69) is 0 Å². The van der Waals surface area contributed by atoms with E-state index in [1.165, 1.54) is 6.07 Å². The highest BCUT2D eigenvalue weighted by atomic mass is 35.5. The number of rotatable bonds is 6. The first-order valence-electron chi connectivity index (χ1n) is 5.91. The van der Waals surface area contributed by atoms with E-state index in [0.717, 1.165) is 16.4 Å². The van der Waals surface area contributed by atoms with E-state index in [0.29, 0.717) is 12.8 Å².